The van der Waals surface area contributed by atoms with Crippen molar-refractivity contribution in [3.63, 3.8) is 0 Å². The Morgan fingerprint density at radius 3 is 2.56 bits per heavy atom. The molecule has 4 heteroatoms. The molecule has 0 amide bonds. The lowest BCUT2D eigenvalue weighted by Crippen LogP contribution is -2.14. The summed E-state index contributed by atoms with van der Waals surface area (Å²) in [6, 6.07) is 8.76. The highest BCUT2D eigenvalue weighted by atomic mass is 19.1. The number of esters is 1. The van der Waals surface area contributed by atoms with E-state index in [1.54, 1.807) is 24.3 Å². The van der Waals surface area contributed by atoms with E-state index in [4.69, 9.17) is 0 Å². The summed E-state index contributed by atoms with van der Waals surface area (Å²) in [5, 5.41) is 9.62. The van der Waals surface area contributed by atoms with Gasteiger partial charge in [-0.2, -0.15) is 0 Å². The third-order valence-corrected chi connectivity index (χ3v) is 2.03. The quantitative estimate of drug-likeness (QED) is 0.626. The Morgan fingerprint density at radius 1 is 1.38 bits per heavy atom. The lowest BCUT2D eigenvalue weighted by molar-refractivity contribution is -0.144. The van der Waals surface area contributed by atoms with Crippen LogP contribution in [-0.2, 0) is 9.53 Å². The van der Waals surface area contributed by atoms with E-state index in [-0.39, 0.29) is 0 Å². The Kier molecular flexibility index (Phi) is 4.66. The number of benzene rings is 1. The van der Waals surface area contributed by atoms with E-state index in [9.17, 15) is 14.3 Å². The molecule has 2 atom stereocenters. The number of halogens is 1. The van der Waals surface area contributed by atoms with Gasteiger partial charge in [0, 0.05) is 0 Å². The van der Waals surface area contributed by atoms with Gasteiger partial charge >= 0.3 is 5.97 Å². The van der Waals surface area contributed by atoms with Crippen molar-refractivity contribution in [2.24, 2.45) is 0 Å². The number of carbonyl (C=O) groups is 1. The van der Waals surface area contributed by atoms with Crippen LogP contribution in [0.4, 0.5) is 4.39 Å². The zero-order valence-corrected chi connectivity index (χ0v) is 8.84. The minimum absolute atomic E-state index is 0.635. The number of methoxy groups -OCH3 is 1. The first-order valence-electron chi connectivity index (χ1n) is 4.78. The van der Waals surface area contributed by atoms with Crippen LogP contribution in [0.15, 0.2) is 42.5 Å². The number of carbonyl (C=O) groups excluding carboxylic acids is 1. The topological polar surface area (TPSA) is 46.5 Å². The molecule has 0 unspecified atom stereocenters. The van der Waals surface area contributed by atoms with E-state index in [1.165, 1.54) is 6.08 Å². The normalized spacial score (nSPS) is 14.7. The predicted molar refractivity (Wildman–Crippen MR) is 57.5 cm³/mol. The summed E-state index contributed by atoms with van der Waals surface area (Å²) < 4.78 is 17.2. The SMILES string of the molecule is COC(=O)[C@H](F)/C=C/[C@@H](O)c1ccccc1. The highest BCUT2D eigenvalue weighted by Crippen LogP contribution is 2.14. The largest absolute Gasteiger partial charge is 0.467 e. The Balaban J connectivity index is 2.61. The molecule has 1 aromatic carbocycles. The average molecular weight is 224 g/mol. The maximum Gasteiger partial charge on any atom is 0.344 e. The number of aliphatic hydroxyl groups is 1. The van der Waals surface area contributed by atoms with Crippen molar-refractivity contribution >= 4 is 5.97 Å². The summed E-state index contributed by atoms with van der Waals surface area (Å²) in [4.78, 5) is 10.7. The number of hydrogen-bond donors (Lipinski definition) is 1. The Labute approximate surface area is 93.2 Å². The molecule has 0 saturated heterocycles. The second-order valence-corrected chi connectivity index (χ2v) is 3.17. The zero-order valence-electron chi connectivity index (χ0n) is 8.84. The predicted octanol–water partition coefficient (Wildman–Crippen LogP) is 1.79. The molecular formula is C12H13FO3. The molecule has 0 bridgehead atoms. The summed E-state index contributed by atoms with van der Waals surface area (Å²) in [6.45, 7) is 0. The molecule has 1 N–H and O–H groups in total. The lowest BCUT2D eigenvalue weighted by Gasteiger charge is -2.05. The van der Waals surface area contributed by atoms with E-state index in [0.29, 0.717) is 5.56 Å². The van der Waals surface area contributed by atoms with Gasteiger partial charge in [-0.25, -0.2) is 9.18 Å². The van der Waals surface area contributed by atoms with E-state index in [1.807, 2.05) is 6.07 Å². The fourth-order valence-electron chi connectivity index (χ4n) is 1.16. The van der Waals surface area contributed by atoms with Crippen LogP contribution in [0.2, 0.25) is 0 Å². The smallest absolute Gasteiger partial charge is 0.344 e. The van der Waals surface area contributed by atoms with E-state index >= 15 is 0 Å². The molecule has 0 aliphatic heterocycles. The molecule has 0 aromatic heterocycles. The van der Waals surface area contributed by atoms with Crippen molar-refractivity contribution in [2.75, 3.05) is 7.11 Å². The minimum atomic E-state index is -1.84. The van der Waals surface area contributed by atoms with Crippen LogP contribution in [0.3, 0.4) is 0 Å². The van der Waals surface area contributed by atoms with Crippen molar-refractivity contribution < 1.29 is 19.0 Å². The van der Waals surface area contributed by atoms with Crippen LogP contribution >= 0.6 is 0 Å². The van der Waals surface area contributed by atoms with Crippen molar-refractivity contribution in [1.29, 1.82) is 0 Å². The van der Waals surface area contributed by atoms with Crippen molar-refractivity contribution in [3.8, 4) is 0 Å². The first-order valence-corrected chi connectivity index (χ1v) is 4.78. The van der Waals surface area contributed by atoms with Gasteiger partial charge < -0.3 is 9.84 Å². The molecule has 3 nitrogen and oxygen atoms in total. The second kappa shape index (κ2) is 6.02. The fourth-order valence-corrected chi connectivity index (χ4v) is 1.16. The number of hydrogen-bond acceptors (Lipinski definition) is 3. The number of alkyl halides is 1. The molecule has 0 saturated carbocycles. The summed E-state index contributed by atoms with van der Waals surface area (Å²) in [5.74, 6) is -0.975. The molecular weight excluding hydrogens is 211 g/mol. The van der Waals surface area contributed by atoms with Gasteiger partial charge in [-0.3, -0.25) is 0 Å². The van der Waals surface area contributed by atoms with Crippen molar-refractivity contribution in [2.45, 2.75) is 12.3 Å². The molecule has 86 valence electrons. The summed E-state index contributed by atoms with van der Waals surface area (Å²) in [7, 11) is 1.11. The Bertz CT molecular complexity index is 362. The van der Waals surface area contributed by atoms with Gasteiger partial charge in [0.25, 0.3) is 0 Å². The zero-order chi connectivity index (χ0) is 12.0. The van der Waals surface area contributed by atoms with Crippen molar-refractivity contribution in [1.82, 2.24) is 0 Å². The molecule has 0 heterocycles. The first-order chi connectivity index (χ1) is 7.65. The molecule has 0 radical (unpaired) electrons. The number of ether oxygens (including phenoxy) is 1. The highest BCUT2D eigenvalue weighted by molar-refractivity contribution is 5.76. The first kappa shape index (κ1) is 12.4. The molecule has 16 heavy (non-hydrogen) atoms. The van der Waals surface area contributed by atoms with Crippen LogP contribution in [0.25, 0.3) is 0 Å². The van der Waals surface area contributed by atoms with Crippen LogP contribution in [0.1, 0.15) is 11.7 Å². The van der Waals surface area contributed by atoms with Gasteiger partial charge in [0.15, 0.2) is 0 Å². The molecule has 0 spiro atoms. The van der Waals surface area contributed by atoms with Gasteiger partial charge in [-0.05, 0) is 11.6 Å². The number of aliphatic hydroxyl groups excluding tert-OH is 1. The van der Waals surface area contributed by atoms with Crippen LogP contribution in [0, 0.1) is 0 Å². The van der Waals surface area contributed by atoms with Gasteiger partial charge in [0.2, 0.25) is 6.17 Å². The monoisotopic (exact) mass is 224 g/mol. The average Bonchev–Trinajstić information content (AvgIpc) is 2.35. The molecule has 0 fully saturated rings. The van der Waals surface area contributed by atoms with Gasteiger partial charge in [-0.1, -0.05) is 36.4 Å². The molecule has 0 aliphatic rings. The second-order valence-electron chi connectivity index (χ2n) is 3.17. The lowest BCUT2D eigenvalue weighted by atomic mass is 10.1. The third kappa shape index (κ3) is 3.47. The molecule has 1 aromatic rings. The van der Waals surface area contributed by atoms with Crippen molar-refractivity contribution in [3.05, 3.63) is 48.0 Å². The van der Waals surface area contributed by atoms with Gasteiger partial charge in [0.1, 0.15) is 0 Å². The van der Waals surface area contributed by atoms with Crippen LogP contribution in [-0.4, -0.2) is 24.4 Å². The Hall–Kier alpha value is -1.68. The van der Waals surface area contributed by atoms with E-state index in [2.05, 4.69) is 4.74 Å². The van der Waals surface area contributed by atoms with Gasteiger partial charge in [0.05, 0.1) is 13.2 Å². The Morgan fingerprint density at radius 2 is 2.00 bits per heavy atom. The molecule has 1 rings (SSSR count). The number of rotatable bonds is 4. The van der Waals surface area contributed by atoms with Crippen LogP contribution in [0.5, 0.6) is 0 Å². The van der Waals surface area contributed by atoms with Gasteiger partial charge in [-0.15, -0.1) is 0 Å². The van der Waals surface area contributed by atoms with Crippen LogP contribution < -0.4 is 0 Å². The third-order valence-electron chi connectivity index (χ3n) is 2.03. The fraction of sp³-hybridized carbons (Fsp3) is 0.250. The summed E-state index contributed by atoms with van der Waals surface area (Å²) in [5.41, 5.74) is 0.635. The maximum absolute atomic E-state index is 13.0. The van der Waals surface area contributed by atoms with E-state index < -0.39 is 18.2 Å². The molecule has 0 aliphatic carbocycles. The summed E-state index contributed by atoms with van der Waals surface area (Å²) >= 11 is 0. The highest BCUT2D eigenvalue weighted by Gasteiger charge is 2.14. The van der Waals surface area contributed by atoms with E-state index in [0.717, 1.165) is 13.2 Å². The minimum Gasteiger partial charge on any atom is -0.467 e. The standard InChI is InChI=1S/C12H13FO3/c1-16-12(15)10(13)7-8-11(14)9-5-3-2-4-6-9/h2-8,10-11,14H,1H3/b8-7+/t10-,11-/m1/s1. The maximum atomic E-state index is 13.0. The summed E-state index contributed by atoms with van der Waals surface area (Å²) in [6.07, 6.45) is -0.576.